The van der Waals surface area contributed by atoms with Gasteiger partial charge in [-0.3, -0.25) is 0 Å². The van der Waals surface area contributed by atoms with Crippen LogP contribution in [0.5, 0.6) is 5.75 Å². The van der Waals surface area contributed by atoms with Crippen LogP contribution in [0.15, 0.2) is 18.2 Å². The van der Waals surface area contributed by atoms with Crippen molar-refractivity contribution in [2.24, 2.45) is 0 Å². The fourth-order valence-corrected chi connectivity index (χ4v) is 2.17. The first-order valence-electron chi connectivity index (χ1n) is 6.53. The zero-order valence-corrected chi connectivity index (χ0v) is 11.7. The maximum Gasteiger partial charge on any atom is 0.128 e. The van der Waals surface area contributed by atoms with Gasteiger partial charge in [-0.25, -0.2) is 4.98 Å². The average molecular weight is 260 g/mol. The van der Waals surface area contributed by atoms with E-state index < -0.39 is 0 Å². The van der Waals surface area contributed by atoms with Crippen LogP contribution in [0.2, 0.25) is 0 Å². The lowest BCUT2D eigenvalue weighted by molar-refractivity contribution is 0.297. The number of hydrogen-bond donors (Lipinski definition) is 2. The summed E-state index contributed by atoms with van der Waals surface area (Å²) in [5.74, 6) is 1.63. The Hall–Kier alpha value is -1.81. The van der Waals surface area contributed by atoms with Crippen molar-refractivity contribution in [1.29, 1.82) is 0 Å². The number of aliphatic hydroxyl groups is 1. The van der Waals surface area contributed by atoms with Crippen molar-refractivity contribution >= 4 is 0 Å². The zero-order valence-electron chi connectivity index (χ0n) is 11.7. The van der Waals surface area contributed by atoms with E-state index in [1.807, 2.05) is 13.0 Å². The molecule has 0 radical (unpaired) electrons. The van der Waals surface area contributed by atoms with Crippen LogP contribution in [0.1, 0.15) is 24.0 Å². The molecule has 2 N–H and O–H groups in total. The van der Waals surface area contributed by atoms with E-state index in [2.05, 4.69) is 29.0 Å². The smallest absolute Gasteiger partial charge is 0.128 e. The van der Waals surface area contributed by atoms with Crippen LogP contribution in [0, 0.1) is 6.92 Å². The summed E-state index contributed by atoms with van der Waals surface area (Å²) in [5.41, 5.74) is 4.15. The molecule has 0 atom stereocenters. The van der Waals surface area contributed by atoms with E-state index in [-0.39, 0.29) is 6.61 Å². The van der Waals surface area contributed by atoms with Gasteiger partial charge in [-0.2, -0.15) is 0 Å². The monoisotopic (exact) mass is 260 g/mol. The lowest BCUT2D eigenvalue weighted by Gasteiger charge is -2.09. The van der Waals surface area contributed by atoms with E-state index in [0.29, 0.717) is 6.42 Å². The molecule has 0 aliphatic carbocycles. The topological polar surface area (TPSA) is 58.1 Å². The summed E-state index contributed by atoms with van der Waals surface area (Å²) in [6.07, 6.45) is 1.51. The number of hydrogen-bond acceptors (Lipinski definition) is 3. The minimum atomic E-state index is 0.0958. The third-order valence-corrected chi connectivity index (χ3v) is 3.21. The molecule has 0 fully saturated rings. The number of benzene rings is 1. The molecule has 0 bridgehead atoms. The molecule has 0 aliphatic heterocycles. The fourth-order valence-electron chi connectivity index (χ4n) is 2.17. The van der Waals surface area contributed by atoms with Crippen LogP contribution >= 0.6 is 0 Å². The Morgan fingerprint density at radius 2 is 2.16 bits per heavy atom. The van der Waals surface area contributed by atoms with Crippen LogP contribution in [0.25, 0.3) is 11.3 Å². The van der Waals surface area contributed by atoms with E-state index in [1.54, 1.807) is 7.11 Å². The number of aryl methyl sites for hydroxylation is 2. The van der Waals surface area contributed by atoms with Crippen LogP contribution in [-0.2, 0) is 12.8 Å². The first-order chi connectivity index (χ1) is 9.19. The Bertz CT molecular complexity index is 561. The second kappa shape index (κ2) is 5.89. The van der Waals surface area contributed by atoms with Gasteiger partial charge in [0.15, 0.2) is 0 Å². The quantitative estimate of drug-likeness (QED) is 0.868. The number of H-pyrrole nitrogens is 1. The molecule has 4 heteroatoms. The number of nitrogens with zero attached hydrogens (tertiary/aromatic N) is 1. The van der Waals surface area contributed by atoms with E-state index in [1.165, 1.54) is 5.56 Å². The van der Waals surface area contributed by atoms with Crippen LogP contribution < -0.4 is 4.74 Å². The Balaban J connectivity index is 2.50. The van der Waals surface area contributed by atoms with Crippen LogP contribution in [0.4, 0.5) is 0 Å². The molecule has 1 aromatic carbocycles. The summed E-state index contributed by atoms with van der Waals surface area (Å²) in [7, 11) is 1.67. The van der Waals surface area contributed by atoms with Gasteiger partial charge in [0.05, 0.1) is 19.4 Å². The maximum atomic E-state index is 8.99. The number of nitrogens with one attached hydrogen (secondary N) is 1. The van der Waals surface area contributed by atoms with Gasteiger partial charge in [-0.15, -0.1) is 0 Å². The van der Waals surface area contributed by atoms with E-state index in [4.69, 9.17) is 9.84 Å². The normalized spacial score (nSPS) is 10.7. The summed E-state index contributed by atoms with van der Waals surface area (Å²) in [6, 6.07) is 6.16. The van der Waals surface area contributed by atoms with Gasteiger partial charge < -0.3 is 14.8 Å². The number of aliphatic hydroxyl groups excluding tert-OH is 1. The van der Waals surface area contributed by atoms with Crippen LogP contribution in [-0.4, -0.2) is 28.8 Å². The van der Waals surface area contributed by atoms with Gasteiger partial charge in [-0.1, -0.05) is 13.0 Å². The Morgan fingerprint density at radius 1 is 1.37 bits per heavy atom. The summed E-state index contributed by atoms with van der Waals surface area (Å²) in [6.45, 7) is 4.21. The highest BCUT2D eigenvalue weighted by atomic mass is 16.5. The van der Waals surface area contributed by atoms with Crippen molar-refractivity contribution in [1.82, 2.24) is 9.97 Å². The fraction of sp³-hybridized carbons (Fsp3) is 0.400. The van der Waals surface area contributed by atoms with Crippen molar-refractivity contribution in [2.75, 3.05) is 13.7 Å². The van der Waals surface area contributed by atoms with Gasteiger partial charge in [-0.05, 0) is 31.0 Å². The average Bonchev–Trinajstić information content (AvgIpc) is 2.79. The standard InChI is InChI=1S/C15H20N2O2/c1-4-11-5-6-13(19-3)12(9-11)15-10(2)16-14(17-15)7-8-18/h5-6,9,18H,4,7-8H2,1-3H3,(H,16,17). The first kappa shape index (κ1) is 13.6. The Morgan fingerprint density at radius 3 is 2.79 bits per heavy atom. The first-order valence-corrected chi connectivity index (χ1v) is 6.53. The van der Waals surface area contributed by atoms with Crippen molar-refractivity contribution in [3.8, 4) is 17.0 Å². The van der Waals surface area contributed by atoms with E-state index in [9.17, 15) is 0 Å². The van der Waals surface area contributed by atoms with E-state index in [0.717, 1.165) is 34.9 Å². The molecule has 2 rings (SSSR count). The summed E-state index contributed by atoms with van der Waals surface area (Å²) in [5, 5.41) is 8.99. The Kier molecular flexibility index (Phi) is 4.22. The number of imidazole rings is 1. The molecular formula is C15H20N2O2. The predicted molar refractivity (Wildman–Crippen MR) is 75.5 cm³/mol. The number of aromatic amines is 1. The molecule has 0 unspecified atom stereocenters. The molecule has 4 nitrogen and oxygen atoms in total. The van der Waals surface area contributed by atoms with Gasteiger partial charge in [0.2, 0.25) is 0 Å². The largest absolute Gasteiger partial charge is 0.496 e. The second-order valence-electron chi connectivity index (χ2n) is 4.52. The lowest BCUT2D eigenvalue weighted by atomic mass is 10.0. The zero-order chi connectivity index (χ0) is 13.8. The lowest BCUT2D eigenvalue weighted by Crippen LogP contribution is -1.93. The molecular weight excluding hydrogens is 240 g/mol. The van der Waals surface area contributed by atoms with Gasteiger partial charge in [0, 0.05) is 17.7 Å². The van der Waals surface area contributed by atoms with Crippen molar-refractivity contribution in [3.63, 3.8) is 0 Å². The highest BCUT2D eigenvalue weighted by molar-refractivity contribution is 5.70. The molecule has 1 heterocycles. The minimum Gasteiger partial charge on any atom is -0.496 e. The van der Waals surface area contributed by atoms with Gasteiger partial charge in [0.1, 0.15) is 11.6 Å². The third kappa shape index (κ3) is 2.79. The molecule has 0 amide bonds. The van der Waals surface area contributed by atoms with Crippen molar-refractivity contribution in [2.45, 2.75) is 26.7 Å². The second-order valence-corrected chi connectivity index (χ2v) is 4.52. The molecule has 0 saturated heterocycles. The summed E-state index contributed by atoms with van der Waals surface area (Å²) in [4.78, 5) is 7.76. The van der Waals surface area contributed by atoms with Gasteiger partial charge in [0.25, 0.3) is 0 Å². The van der Waals surface area contributed by atoms with Crippen LogP contribution in [0.3, 0.4) is 0 Å². The maximum absolute atomic E-state index is 8.99. The minimum absolute atomic E-state index is 0.0958. The number of aromatic nitrogens is 2. The SMILES string of the molecule is CCc1ccc(OC)c(-c2nc(CCO)[nH]c2C)c1. The molecule has 0 aliphatic rings. The number of methoxy groups -OCH3 is 1. The molecule has 1 aromatic heterocycles. The highest BCUT2D eigenvalue weighted by Gasteiger charge is 2.13. The predicted octanol–water partition coefficient (Wildman–Crippen LogP) is 2.49. The van der Waals surface area contributed by atoms with Crippen molar-refractivity contribution < 1.29 is 9.84 Å². The van der Waals surface area contributed by atoms with Crippen molar-refractivity contribution in [3.05, 3.63) is 35.3 Å². The number of ether oxygens (including phenoxy) is 1. The van der Waals surface area contributed by atoms with Gasteiger partial charge >= 0.3 is 0 Å². The molecule has 19 heavy (non-hydrogen) atoms. The summed E-state index contributed by atoms with van der Waals surface area (Å²) < 4.78 is 5.42. The molecule has 102 valence electrons. The Labute approximate surface area is 113 Å². The molecule has 0 spiro atoms. The number of rotatable bonds is 5. The highest BCUT2D eigenvalue weighted by Crippen LogP contribution is 2.32. The van der Waals surface area contributed by atoms with E-state index >= 15 is 0 Å². The third-order valence-electron chi connectivity index (χ3n) is 3.21. The molecule has 2 aromatic rings. The summed E-state index contributed by atoms with van der Waals surface area (Å²) >= 11 is 0. The molecule has 0 saturated carbocycles.